The summed E-state index contributed by atoms with van der Waals surface area (Å²) in [5, 5.41) is 0. The average molecular weight is 254 g/mol. The van der Waals surface area contributed by atoms with E-state index in [9.17, 15) is 9.59 Å². The molecule has 0 spiro atoms. The first-order valence-corrected chi connectivity index (χ1v) is 5.88. The van der Waals surface area contributed by atoms with Gasteiger partial charge in [-0.15, -0.1) is 0 Å². The predicted octanol–water partition coefficient (Wildman–Crippen LogP) is 0.161. The van der Waals surface area contributed by atoms with Gasteiger partial charge >= 0.3 is 11.9 Å². The van der Waals surface area contributed by atoms with Crippen molar-refractivity contribution in [2.24, 2.45) is 5.92 Å². The van der Waals surface area contributed by atoms with Crippen molar-refractivity contribution in [1.29, 1.82) is 0 Å². The first-order valence-electron chi connectivity index (χ1n) is 5.88. The lowest BCUT2D eigenvalue weighted by Crippen LogP contribution is -2.39. The zero-order valence-corrected chi connectivity index (χ0v) is 9.96. The lowest BCUT2D eigenvalue weighted by Gasteiger charge is -2.22. The Morgan fingerprint density at radius 3 is 3.00 bits per heavy atom. The monoisotopic (exact) mass is 254 g/mol. The van der Waals surface area contributed by atoms with Crippen molar-refractivity contribution >= 4 is 11.9 Å². The molecule has 0 aliphatic carbocycles. The molecule has 5 atom stereocenters. The highest BCUT2D eigenvalue weighted by Gasteiger charge is 2.64. The van der Waals surface area contributed by atoms with E-state index < -0.39 is 5.97 Å². The maximum Gasteiger partial charge on any atom is 0.335 e. The van der Waals surface area contributed by atoms with Gasteiger partial charge in [-0.1, -0.05) is 6.58 Å². The van der Waals surface area contributed by atoms with Crippen LogP contribution in [-0.4, -0.2) is 43.1 Å². The summed E-state index contributed by atoms with van der Waals surface area (Å²) in [5.41, 5.74) is 0.315. The quantitative estimate of drug-likeness (QED) is 0.404. The van der Waals surface area contributed by atoms with Crippen molar-refractivity contribution in [2.45, 2.75) is 37.8 Å². The molecule has 3 heterocycles. The number of carbonyl (C=O) groups is 2. The van der Waals surface area contributed by atoms with E-state index in [1.54, 1.807) is 6.92 Å². The molecule has 2 bridgehead atoms. The molecule has 3 fully saturated rings. The normalized spacial score (nSPS) is 39.8. The number of ether oxygens (including phenoxy) is 4. The van der Waals surface area contributed by atoms with E-state index in [0.29, 0.717) is 12.0 Å². The molecule has 3 rings (SSSR count). The molecule has 3 aliphatic heterocycles. The predicted molar refractivity (Wildman–Crippen MR) is 57.3 cm³/mol. The second-order valence-corrected chi connectivity index (χ2v) is 4.84. The van der Waals surface area contributed by atoms with Crippen LogP contribution in [0.5, 0.6) is 0 Å². The van der Waals surface area contributed by atoms with Crippen molar-refractivity contribution in [3.63, 3.8) is 0 Å². The minimum atomic E-state index is -0.500. The summed E-state index contributed by atoms with van der Waals surface area (Å²) < 4.78 is 21.1. The molecular formula is C12H14O6. The summed E-state index contributed by atoms with van der Waals surface area (Å²) in [7, 11) is 0. The molecule has 5 unspecified atom stereocenters. The first-order chi connectivity index (χ1) is 8.58. The molecule has 0 aromatic rings. The molecule has 0 aromatic heterocycles. The third kappa shape index (κ3) is 1.64. The molecule has 0 amide bonds. The van der Waals surface area contributed by atoms with Gasteiger partial charge in [0.15, 0.2) is 12.9 Å². The minimum absolute atomic E-state index is 0.139. The lowest BCUT2D eigenvalue weighted by atomic mass is 9.88. The summed E-state index contributed by atoms with van der Waals surface area (Å²) in [6.07, 6.45) is -0.399. The van der Waals surface area contributed by atoms with Gasteiger partial charge in [-0.2, -0.15) is 0 Å². The first kappa shape index (κ1) is 11.7. The molecule has 98 valence electrons. The lowest BCUT2D eigenvalue weighted by molar-refractivity contribution is -0.167. The van der Waals surface area contributed by atoms with Crippen LogP contribution in [0.1, 0.15) is 13.3 Å². The number of hydrogen-bond donors (Lipinski definition) is 0. The van der Waals surface area contributed by atoms with E-state index in [1.165, 1.54) is 0 Å². The van der Waals surface area contributed by atoms with Gasteiger partial charge in [0.05, 0.1) is 12.0 Å². The summed E-state index contributed by atoms with van der Waals surface area (Å²) in [4.78, 5) is 22.6. The Balaban J connectivity index is 1.55. The van der Waals surface area contributed by atoms with Crippen LogP contribution in [0, 0.1) is 5.92 Å². The summed E-state index contributed by atoms with van der Waals surface area (Å²) >= 11 is 0. The van der Waals surface area contributed by atoms with Crippen LogP contribution in [0.15, 0.2) is 12.2 Å². The highest BCUT2D eigenvalue weighted by atomic mass is 16.7. The van der Waals surface area contributed by atoms with E-state index in [0.717, 1.165) is 0 Å². The molecule has 6 heteroatoms. The van der Waals surface area contributed by atoms with Crippen molar-refractivity contribution in [3.8, 4) is 0 Å². The molecule has 6 nitrogen and oxygen atoms in total. The Morgan fingerprint density at radius 1 is 1.50 bits per heavy atom. The fourth-order valence-electron chi connectivity index (χ4n) is 2.73. The average Bonchev–Trinajstić information content (AvgIpc) is 2.92. The maximum absolute atomic E-state index is 11.5. The third-order valence-electron chi connectivity index (χ3n) is 3.58. The molecule has 0 N–H and O–H groups in total. The van der Waals surface area contributed by atoms with Crippen molar-refractivity contribution in [3.05, 3.63) is 12.2 Å². The highest BCUT2D eigenvalue weighted by molar-refractivity contribution is 5.86. The number of rotatable bonds is 4. The van der Waals surface area contributed by atoms with Crippen LogP contribution in [0.3, 0.4) is 0 Å². The van der Waals surface area contributed by atoms with Gasteiger partial charge in [0.25, 0.3) is 0 Å². The van der Waals surface area contributed by atoms with Gasteiger partial charge in [-0.3, -0.25) is 4.79 Å². The van der Waals surface area contributed by atoms with Gasteiger partial charge in [-0.05, 0) is 13.3 Å². The Labute approximate surface area is 104 Å². The second-order valence-electron chi connectivity index (χ2n) is 4.84. The Kier molecular flexibility index (Phi) is 2.64. The summed E-state index contributed by atoms with van der Waals surface area (Å²) in [5.74, 6) is -0.851. The zero-order chi connectivity index (χ0) is 12.9. The Bertz CT molecular complexity index is 417. The largest absolute Gasteiger partial charge is 0.456 e. The van der Waals surface area contributed by atoms with Gasteiger partial charge in [-0.25, -0.2) is 4.79 Å². The van der Waals surface area contributed by atoms with E-state index in [-0.39, 0.29) is 43.1 Å². The molecule has 0 saturated carbocycles. The van der Waals surface area contributed by atoms with Crippen LogP contribution >= 0.6 is 0 Å². The van der Waals surface area contributed by atoms with Crippen molar-refractivity contribution in [1.82, 2.24) is 0 Å². The van der Waals surface area contributed by atoms with Gasteiger partial charge in [0.1, 0.15) is 12.2 Å². The van der Waals surface area contributed by atoms with Crippen LogP contribution in [0.25, 0.3) is 0 Å². The molecular weight excluding hydrogens is 240 g/mol. The zero-order valence-electron chi connectivity index (χ0n) is 9.96. The fourth-order valence-corrected chi connectivity index (χ4v) is 2.73. The van der Waals surface area contributed by atoms with Crippen molar-refractivity contribution in [2.75, 3.05) is 6.79 Å². The van der Waals surface area contributed by atoms with E-state index in [2.05, 4.69) is 6.58 Å². The number of hydrogen-bond acceptors (Lipinski definition) is 6. The van der Waals surface area contributed by atoms with E-state index >= 15 is 0 Å². The Morgan fingerprint density at radius 2 is 2.28 bits per heavy atom. The number of esters is 2. The van der Waals surface area contributed by atoms with Gasteiger partial charge in [0, 0.05) is 5.57 Å². The SMILES string of the molecule is C=C(C)C(=O)OCOC1C2CC3C(=O)OC1C3O2. The highest BCUT2D eigenvalue weighted by Crippen LogP contribution is 2.47. The summed E-state index contributed by atoms with van der Waals surface area (Å²) in [6.45, 7) is 4.85. The van der Waals surface area contributed by atoms with E-state index in [4.69, 9.17) is 18.9 Å². The molecule has 18 heavy (non-hydrogen) atoms. The van der Waals surface area contributed by atoms with E-state index in [1.807, 2.05) is 0 Å². The van der Waals surface area contributed by atoms with Crippen LogP contribution in [-0.2, 0) is 28.5 Å². The summed E-state index contributed by atoms with van der Waals surface area (Å²) in [6, 6.07) is 0. The molecule has 0 radical (unpaired) electrons. The number of fused-ring (bicyclic) bond motifs is 1. The standard InChI is InChI=1S/C12H14O6/c1-5(2)11(13)16-4-15-9-7-3-6-8(17-7)10(9)18-12(6)14/h6-10H,1,3-4H2,2H3. The van der Waals surface area contributed by atoms with Gasteiger partial charge < -0.3 is 18.9 Å². The Hall–Kier alpha value is -1.40. The van der Waals surface area contributed by atoms with Crippen LogP contribution < -0.4 is 0 Å². The fraction of sp³-hybridized carbons (Fsp3) is 0.667. The van der Waals surface area contributed by atoms with Crippen molar-refractivity contribution < 1.29 is 28.5 Å². The van der Waals surface area contributed by atoms with Crippen LogP contribution in [0.4, 0.5) is 0 Å². The number of carbonyl (C=O) groups excluding carboxylic acids is 2. The molecule has 3 saturated heterocycles. The second kappa shape index (κ2) is 4.07. The third-order valence-corrected chi connectivity index (χ3v) is 3.58. The van der Waals surface area contributed by atoms with Gasteiger partial charge in [0.2, 0.25) is 0 Å². The van der Waals surface area contributed by atoms with Crippen LogP contribution in [0.2, 0.25) is 0 Å². The smallest absolute Gasteiger partial charge is 0.335 e. The molecule has 3 aliphatic rings. The topological polar surface area (TPSA) is 71.1 Å². The maximum atomic E-state index is 11.5. The molecule has 0 aromatic carbocycles. The minimum Gasteiger partial charge on any atom is -0.456 e.